The molecule has 0 saturated heterocycles. The fourth-order valence-electron chi connectivity index (χ4n) is 2.13. The summed E-state index contributed by atoms with van der Waals surface area (Å²) >= 11 is 3.61. The highest BCUT2D eigenvalue weighted by atomic mass is 79.9. The summed E-state index contributed by atoms with van der Waals surface area (Å²) in [6.45, 7) is 5.56. The van der Waals surface area contributed by atoms with E-state index in [4.69, 9.17) is 9.47 Å². The number of hydrogen-bond donors (Lipinski definition) is 1. The van der Waals surface area contributed by atoms with Crippen molar-refractivity contribution in [3.8, 4) is 11.5 Å². The lowest BCUT2D eigenvalue weighted by Gasteiger charge is -2.24. The summed E-state index contributed by atoms with van der Waals surface area (Å²) in [6, 6.07) is 4.03. The van der Waals surface area contributed by atoms with Crippen molar-refractivity contribution >= 4 is 15.9 Å². The summed E-state index contributed by atoms with van der Waals surface area (Å²) in [5, 5.41) is 3.24. The first-order valence-electron chi connectivity index (χ1n) is 6.48. The van der Waals surface area contributed by atoms with E-state index >= 15 is 0 Å². The lowest BCUT2D eigenvalue weighted by molar-refractivity contribution is 0.323. The van der Waals surface area contributed by atoms with Crippen LogP contribution in [0.5, 0.6) is 11.5 Å². The minimum Gasteiger partial charge on any atom is -0.493 e. The lowest BCUT2D eigenvalue weighted by Crippen LogP contribution is -2.27. The molecule has 0 atom stereocenters. The Morgan fingerprint density at radius 2 is 1.74 bits per heavy atom. The molecule has 4 heteroatoms. The van der Waals surface area contributed by atoms with Gasteiger partial charge in [0.2, 0.25) is 0 Å². The minimum atomic E-state index is 0.279. The van der Waals surface area contributed by atoms with E-state index in [1.165, 1.54) is 5.56 Å². The Bertz CT molecular complexity index is 419. The van der Waals surface area contributed by atoms with Crippen LogP contribution in [0, 0.1) is 5.41 Å². The van der Waals surface area contributed by atoms with Gasteiger partial charge in [0.05, 0.1) is 14.2 Å². The van der Waals surface area contributed by atoms with Gasteiger partial charge in [0.25, 0.3) is 0 Å². The number of rotatable bonds is 7. The normalized spacial score (nSPS) is 11.5. The van der Waals surface area contributed by atoms with Crippen LogP contribution in [0.15, 0.2) is 16.6 Å². The Morgan fingerprint density at radius 1 is 1.16 bits per heavy atom. The third-order valence-electron chi connectivity index (χ3n) is 3.28. The second-order valence-corrected chi connectivity index (χ2v) is 6.35. The molecule has 0 fully saturated rings. The molecular formula is C15H24BrNO2. The molecule has 0 spiro atoms. The quantitative estimate of drug-likeness (QED) is 0.828. The minimum absolute atomic E-state index is 0.279. The van der Waals surface area contributed by atoms with Gasteiger partial charge in [-0.2, -0.15) is 0 Å². The van der Waals surface area contributed by atoms with E-state index in [1.807, 2.05) is 13.1 Å². The average molecular weight is 330 g/mol. The average Bonchev–Trinajstić information content (AvgIpc) is 2.36. The van der Waals surface area contributed by atoms with Gasteiger partial charge in [-0.05, 0) is 49.5 Å². The molecule has 3 nitrogen and oxygen atoms in total. The zero-order valence-electron chi connectivity index (χ0n) is 12.5. The van der Waals surface area contributed by atoms with Crippen LogP contribution in [0.2, 0.25) is 0 Å². The Labute approximate surface area is 124 Å². The van der Waals surface area contributed by atoms with Crippen molar-refractivity contribution in [1.82, 2.24) is 5.32 Å². The topological polar surface area (TPSA) is 30.5 Å². The summed E-state index contributed by atoms with van der Waals surface area (Å²) in [6.07, 6.45) is 2.12. The number of halogens is 1. The SMILES string of the molecule is CNCC(C)(C)CCc1cc(OC)c(OC)cc1Br. The van der Waals surface area contributed by atoms with Crippen molar-refractivity contribution < 1.29 is 9.47 Å². The largest absolute Gasteiger partial charge is 0.493 e. The smallest absolute Gasteiger partial charge is 0.161 e. The first kappa shape index (κ1) is 16.3. The van der Waals surface area contributed by atoms with Crippen molar-refractivity contribution in [1.29, 1.82) is 0 Å². The monoisotopic (exact) mass is 329 g/mol. The van der Waals surface area contributed by atoms with E-state index in [-0.39, 0.29) is 5.41 Å². The van der Waals surface area contributed by atoms with Crippen LogP contribution in [0.4, 0.5) is 0 Å². The third kappa shape index (κ3) is 4.69. The molecule has 19 heavy (non-hydrogen) atoms. The molecule has 1 aromatic carbocycles. The first-order chi connectivity index (χ1) is 8.93. The van der Waals surface area contributed by atoms with Gasteiger partial charge < -0.3 is 14.8 Å². The fourth-order valence-corrected chi connectivity index (χ4v) is 2.65. The van der Waals surface area contributed by atoms with Crippen LogP contribution in [-0.2, 0) is 6.42 Å². The van der Waals surface area contributed by atoms with Gasteiger partial charge in [-0.25, -0.2) is 0 Å². The highest BCUT2D eigenvalue weighted by Crippen LogP contribution is 2.35. The van der Waals surface area contributed by atoms with Crippen LogP contribution < -0.4 is 14.8 Å². The summed E-state index contributed by atoms with van der Waals surface area (Å²) in [7, 11) is 5.31. The number of aryl methyl sites for hydroxylation is 1. The molecule has 0 aromatic heterocycles. The van der Waals surface area contributed by atoms with Gasteiger partial charge in [0.1, 0.15) is 0 Å². The molecule has 0 amide bonds. The highest BCUT2D eigenvalue weighted by Gasteiger charge is 2.18. The molecule has 0 aliphatic rings. The molecule has 1 N–H and O–H groups in total. The molecule has 1 rings (SSSR count). The summed E-state index contributed by atoms with van der Waals surface area (Å²) in [4.78, 5) is 0. The van der Waals surface area contributed by atoms with Crippen molar-refractivity contribution in [2.45, 2.75) is 26.7 Å². The van der Waals surface area contributed by atoms with Gasteiger partial charge in [0.15, 0.2) is 11.5 Å². The third-order valence-corrected chi connectivity index (χ3v) is 4.02. The van der Waals surface area contributed by atoms with E-state index < -0.39 is 0 Å². The predicted octanol–water partition coefficient (Wildman–Crippen LogP) is 3.64. The summed E-state index contributed by atoms with van der Waals surface area (Å²) in [5.41, 5.74) is 1.53. The Morgan fingerprint density at radius 3 is 2.26 bits per heavy atom. The Hall–Kier alpha value is -0.740. The van der Waals surface area contributed by atoms with E-state index in [0.29, 0.717) is 0 Å². The Kier molecular flexibility index (Phi) is 6.14. The van der Waals surface area contributed by atoms with Crippen LogP contribution in [0.1, 0.15) is 25.8 Å². The molecule has 1 aromatic rings. The fraction of sp³-hybridized carbons (Fsp3) is 0.600. The number of ether oxygens (including phenoxy) is 2. The highest BCUT2D eigenvalue weighted by molar-refractivity contribution is 9.10. The molecule has 0 heterocycles. The molecule has 0 saturated carbocycles. The maximum absolute atomic E-state index is 5.35. The molecule has 0 unspecified atom stereocenters. The van der Waals surface area contributed by atoms with Crippen molar-refractivity contribution in [3.05, 3.63) is 22.2 Å². The molecular weight excluding hydrogens is 306 g/mol. The number of nitrogens with one attached hydrogen (secondary N) is 1. The zero-order valence-corrected chi connectivity index (χ0v) is 14.1. The van der Waals surface area contributed by atoms with E-state index in [1.54, 1.807) is 14.2 Å². The molecule has 0 radical (unpaired) electrons. The van der Waals surface area contributed by atoms with Gasteiger partial charge in [-0.1, -0.05) is 29.8 Å². The zero-order chi connectivity index (χ0) is 14.5. The number of benzene rings is 1. The van der Waals surface area contributed by atoms with Crippen molar-refractivity contribution in [2.75, 3.05) is 27.8 Å². The van der Waals surface area contributed by atoms with Crippen LogP contribution >= 0.6 is 15.9 Å². The molecule has 0 aliphatic carbocycles. The molecule has 108 valence electrons. The Balaban J connectivity index is 2.84. The van der Waals surface area contributed by atoms with E-state index in [2.05, 4.69) is 41.2 Å². The first-order valence-corrected chi connectivity index (χ1v) is 7.28. The van der Waals surface area contributed by atoms with E-state index in [0.717, 1.165) is 35.4 Å². The van der Waals surface area contributed by atoms with Crippen LogP contribution in [0.25, 0.3) is 0 Å². The maximum Gasteiger partial charge on any atom is 0.161 e. The van der Waals surface area contributed by atoms with Crippen LogP contribution in [0.3, 0.4) is 0 Å². The van der Waals surface area contributed by atoms with Crippen molar-refractivity contribution in [3.63, 3.8) is 0 Å². The summed E-state index contributed by atoms with van der Waals surface area (Å²) in [5.74, 6) is 1.54. The number of methoxy groups -OCH3 is 2. The molecule has 0 aliphatic heterocycles. The van der Waals surface area contributed by atoms with Gasteiger partial charge in [0, 0.05) is 4.47 Å². The predicted molar refractivity (Wildman–Crippen MR) is 83.3 cm³/mol. The van der Waals surface area contributed by atoms with Crippen LogP contribution in [-0.4, -0.2) is 27.8 Å². The second-order valence-electron chi connectivity index (χ2n) is 5.49. The number of hydrogen-bond acceptors (Lipinski definition) is 3. The van der Waals surface area contributed by atoms with E-state index in [9.17, 15) is 0 Å². The standard InChI is InChI=1S/C15H24BrNO2/c1-15(2,10-17-3)7-6-11-8-13(18-4)14(19-5)9-12(11)16/h8-9,17H,6-7,10H2,1-5H3. The van der Waals surface area contributed by atoms with Gasteiger partial charge >= 0.3 is 0 Å². The maximum atomic E-state index is 5.35. The second kappa shape index (κ2) is 7.15. The summed E-state index contributed by atoms with van der Waals surface area (Å²) < 4.78 is 11.7. The molecule has 0 bridgehead atoms. The van der Waals surface area contributed by atoms with Crippen molar-refractivity contribution in [2.24, 2.45) is 5.41 Å². The van der Waals surface area contributed by atoms with Gasteiger partial charge in [-0.3, -0.25) is 0 Å². The lowest BCUT2D eigenvalue weighted by atomic mass is 9.86. The van der Waals surface area contributed by atoms with Gasteiger partial charge in [-0.15, -0.1) is 0 Å².